The zero-order chi connectivity index (χ0) is 11.9. The summed E-state index contributed by atoms with van der Waals surface area (Å²) in [5, 5.41) is 10.3. The minimum Gasteiger partial charge on any atom is -0.382 e. The lowest BCUT2D eigenvalue weighted by molar-refractivity contribution is -0.0365. The van der Waals surface area contributed by atoms with Crippen LogP contribution in [0, 0.1) is 18.6 Å². The first-order chi connectivity index (χ1) is 7.47. The van der Waals surface area contributed by atoms with Gasteiger partial charge in [-0.15, -0.1) is 0 Å². The fourth-order valence-corrected chi connectivity index (χ4v) is 2.11. The molecule has 1 aromatic carbocycles. The van der Waals surface area contributed by atoms with E-state index in [0.29, 0.717) is 12.2 Å². The number of rotatable bonds is 1. The molecule has 1 aliphatic rings. The van der Waals surface area contributed by atoms with Crippen LogP contribution in [0.15, 0.2) is 12.1 Å². The van der Waals surface area contributed by atoms with Crippen molar-refractivity contribution < 1.29 is 18.6 Å². The average molecular weight is 228 g/mol. The third-order valence-corrected chi connectivity index (χ3v) is 3.24. The zero-order valence-electron chi connectivity index (χ0n) is 9.26. The van der Waals surface area contributed by atoms with E-state index in [1.807, 2.05) is 0 Å². The van der Waals surface area contributed by atoms with Crippen LogP contribution >= 0.6 is 0 Å². The first-order valence-corrected chi connectivity index (χ1v) is 5.26. The highest BCUT2D eigenvalue weighted by atomic mass is 19.1. The van der Waals surface area contributed by atoms with Crippen LogP contribution in [0.1, 0.15) is 24.5 Å². The lowest BCUT2D eigenvalue weighted by atomic mass is 9.86. The molecule has 0 spiro atoms. The minimum atomic E-state index is -1.56. The van der Waals surface area contributed by atoms with Crippen molar-refractivity contribution in [2.75, 3.05) is 6.61 Å². The van der Waals surface area contributed by atoms with Crippen molar-refractivity contribution in [1.29, 1.82) is 0 Å². The number of aryl methyl sites for hydroxylation is 1. The fourth-order valence-electron chi connectivity index (χ4n) is 2.11. The zero-order valence-corrected chi connectivity index (χ0v) is 9.26. The van der Waals surface area contributed by atoms with Crippen LogP contribution in [0.5, 0.6) is 0 Å². The molecular weight excluding hydrogens is 214 g/mol. The van der Waals surface area contributed by atoms with Gasteiger partial charge in [0.1, 0.15) is 17.2 Å². The summed E-state index contributed by atoms with van der Waals surface area (Å²) in [5.74, 6) is -1.40. The molecule has 0 radical (unpaired) electrons. The van der Waals surface area contributed by atoms with Crippen molar-refractivity contribution in [2.24, 2.45) is 0 Å². The molecule has 1 saturated heterocycles. The van der Waals surface area contributed by atoms with Crippen molar-refractivity contribution in [3.05, 3.63) is 34.9 Å². The van der Waals surface area contributed by atoms with E-state index in [9.17, 15) is 13.9 Å². The Balaban J connectivity index is 2.59. The van der Waals surface area contributed by atoms with E-state index in [1.165, 1.54) is 12.1 Å². The Morgan fingerprint density at radius 1 is 1.44 bits per heavy atom. The molecule has 0 saturated carbocycles. The van der Waals surface area contributed by atoms with Crippen LogP contribution in [0.2, 0.25) is 0 Å². The SMILES string of the molecule is Cc1ccc(F)c(C2(O)CCOC2C)c1F. The number of aliphatic hydroxyl groups is 1. The minimum absolute atomic E-state index is 0.214. The van der Waals surface area contributed by atoms with Crippen LogP contribution in [0.3, 0.4) is 0 Å². The topological polar surface area (TPSA) is 29.5 Å². The smallest absolute Gasteiger partial charge is 0.135 e. The van der Waals surface area contributed by atoms with E-state index in [0.717, 1.165) is 0 Å². The number of hydrogen-bond donors (Lipinski definition) is 1. The molecule has 1 heterocycles. The summed E-state index contributed by atoms with van der Waals surface area (Å²) in [5.41, 5.74) is -1.50. The Bertz CT molecular complexity index is 420. The highest BCUT2D eigenvalue weighted by molar-refractivity contribution is 5.33. The molecular formula is C12H14F2O2. The average Bonchev–Trinajstić information content (AvgIpc) is 2.55. The molecule has 2 nitrogen and oxygen atoms in total. The quantitative estimate of drug-likeness (QED) is 0.799. The van der Waals surface area contributed by atoms with Gasteiger partial charge in [0.05, 0.1) is 18.3 Å². The molecule has 0 amide bonds. The molecule has 2 rings (SSSR count). The molecule has 0 aromatic heterocycles. The van der Waals surface area contributed by atoms with Gasteiger partial charge in [-0.05, 0) is 25.5 Å². The third-order valence-electron chi connectivity index (χ3n) is 3.24. The fraction of sp³-hybridized carbons (Fsp3) is 0.500. The van der Waals surface area contributed by atoms with Gasteiger partial charge in [0.15, 0.2) is 0 Å². The predicted molar refractivity (Wildman–Crippen MR) is 55.0 cm³/mol. The standard InChI is InChI=1S/C12H14F2O2/c1-7-3-4-9(13)10(11(7)14)12(15)5-6-16-8(12)2/h3-4,8,15H,5-6H2,1-2H3. The van der Waals surface area contributed by atoms with Gasteiger partial charge in [0.25, 0.3) is 0 Å². The summed E-state index contributed by atoms with van der Waals surface area (Å²) in [6.07, 6.45) is -0.385. The normalized spacial score (nSPS) is 29.7. The second-order valence-electron chi connectivity index (χ2n) is 4.24. The van der Waals surface area contributed by atoms with Crippen LogP contribution in [-0.2, 0) is 10.3 Å². The second-order valence-corrected chi connectivity index (χ2v) is 4.24. The van der Waals surface area contributed by atoms with Gasteiger partial charge in [-0.1, -0.05) is 6.07 Å². The van der Waals surface area contributed by atoms with Gasteiger partial charge < -0.3 is 9.84 Å². The van der Waals surface area contributed by atoms with E-state index in [-0.39, 0.29) is 12.0 Å². The van der Waals surface area contributed by atoms with E-state index in [4.69, 9.17) is 4.74 Å². The van der Waals surface area contributed by atoms with Crippen molar-refractivity contribution in [1.82, 2.24) is 0 Å². The van der Waals surface area contributed by atoms with Crippen LogP contribution < -0.4 is 0 Å². The van der Waals surface area contributed by atoms with Crippen molar-refractivity contribution in [2.45, 2.75) is 32.0 Å². The van der Waals surface area contributed by atoms with Gasteiger partial charge in [0, 0.05) is 6.42 Å². The Morgan fingerprint density at radius 2 is 2.12 bits per heavy atom. The lowest BCUT2D eigenvalue weighted by Gasteiger charge is -2.27. The van der Waals surface area contributed by atoms with Gasteiger partial charge in [-0.2, -0.15) is 0 Å². The summed E-state index contributed by atoms with van der Waals surface area (Å²) < 4.78 is 32.7. The third kappa shape index (κ3) is 1.53. The first kappa shape index (κ1) is 11.5. The second kappa shape index (κ2) is 3.79. The Labute approximate surface area is 92.9 Å². The summed E-state index contributed by atoms with van der Waals surface area (Å²) in [6, 6.07) is 2.54. The molecule has 88 valence electrons. The van der Waals surface area contributed by atoms with Crippen LogP contribution in [0.25, 0.3) is 0 Å². The summed E-state index contributed by atoms with van der Waals surface area (Å²) in [4.78, 5) is 0. The van der Waals surface area contributed by atoms with Gasteiger partial charge in [-0.3, -0.25) is 0 Å². The predicted octanol–water partition coefficient (Wildman–Crippen LogP) is 2.27. The highest BCUT2D eigenvalue weighted by Gasteiger charge is 2.45. The maximum Gasteiger partial charge on any atom is 0.135 e. The van der Waals surface area contributed by atoms with Crippen molar-refractivity contribution >= 4 is 0 Å². The molecule has 0 aliphatic carbocycles. The largest absolute Gasteiger partial charge is 0.382 e. The molecule has 1 N–H and O–H groups in total. The molecule has 0 bridgehead atoms. The van der Waals surface area contributed by atoms with Gasteiger partial charge >= 0.3 is 0 Å². The van der Waals surface area contributed by atoms with E-state index in [2.05, 4.69) is 0 Å². The lowest BCUT2D eigenvalue weighted by Crippen LogP contribution is -2.35. The molecule has 2 unspecified atom stereocenters. The number of benzene rings is 1. The monoisotopic (exact) mass is 228 g/mol. The Morgan fingerprint density at radius 3 is 2.69 bits per heavy atom. The summed E-state index contributed by atoms with van der Waals surface area (Å²) in [6.45, 7) is 3.47. The molecule has 1 aliphatic heterocycles. The number of hydrogen-bond acceptors (Lipinski definition) is 2. The Hall–Kier alpha value is -1.00. The summed E-state index contributed by atoms with van der Waals surface area (Å²) in [7, 11) is 0. The number of halogens is 2. The van der Waals surface area contributed by atoms with Gasteiger partial charge in [-0.25, -0.2) is 8.78 Å². The van der Waals surface area contributed by atoms with Crippen molar-refractivity contribution in [3.8, 4) is 0 Å². The van der Waals surface area contributed by atoms with Crippen LogP contribution in [-0.4, -0.2) is 17.8 Å². The Kier molecular flexibility index (Phi) is 2.72. The van der Waals surface area contributed by atoms with Crippen molar-refractivity contribution in [3.63, 3.8) is 0 Å². The molecule has 2 atom stereocenters. The van der Waals surface area contributed by atoms with E-state index in [1.54, 1.807) is 13.8 Å². The maximum atomic E-state index is 13.9. The summed E-state index contributed by atoms with van der Waals surface area (Å²) >= 11 is 0. The maximum absolute atomic E-state index is 13.9. The number of ether oxygens (including phenoxy) is 1. The van der Waals surface area contributed by atoms with E-state index < -0.39 is 23.3 Å². The molecule has 1 fully saturated rings. The molecule has 1 aromatic rings. The molecule has 4 heteroatoms. The first-order valence-electron chi connectivity index (χ1n) is 5.26. The van der Waals surface area contributed by atoms with Crippen LogP contribution in [0.4, 0.5) is 8.78 Å². The van der Waals surface area contributed by atoms with E-state index >= 15 is 0 Å². The molecule has 16 heavy (non-hydrogen) atoms. The highest BCUT2D eigenvalue weighted by Crippen LogP contribution is 2.39. The van der Waals surface area contributed by atoms with Gasteiger partial charge in [0.2, 0.25) is 0 Å².